The highest BCUT2D eigenvalue weighted by molar-refractivity contribution is 5.79. The maximum Gasteiger partial charge on any atom is 0.226 e. The van der Waals surface area contributed by atoms with Gasteiger partial charge in [0.1, 0.15) is 0 Å². The SMILES string of the molecule is O=C(Cc1ccc(N2CCC(NCc3ccccc3)CC2)cc1)N1CCCC1. The molecule has 4 nitrogen and oxygen atoms in total. The van der Waals surface area contributed by atoms with E-state index < -0.39 is 0 Å². The minimum atomic E-state index is 0.274. The third-order valence-electron chi connectivity index (χ3n) is 6.05. The molecule has 0 aliphatic carbocycles. The Morgan fingerprint density at radius 2 is 1.54 bits per heavy atom. The Morgan fingerprint density at radius 3 is 2.21 bits per heavy atom. The van der Waals surface area contributed by atoms with E-state index in [-0.39, 0.29) is 5.91 Å². The number of hydrogen-bond donors (Lipinski definition) is 1. The summed E-state index contributed by atoms with van der Waals surface area (Å²) in [6.45, 7) is 4.98. The molecule has 2 aromatic carbocycles. The second-order valence-electron chi connectivity index (χ2n) is 8.06. The van der Waals surface area contributed by atoms with Crippen LogP contribution >= 0.6 is 0 Å². The molecule has 4 heteroatoms. The molecule has 2 heterocycles. The summed E-state index contributed by atoms with van der Waals surface area (Å²) >= 11 is 0. The number of nitrogens with zero attached hydrogens (tertiary/aromatic N) is 2. The fourth-order valence-electron chi connectivity index (χ4n) is 4.28. The van der Waals surface area contributed by atoms with Gasteiger partial charge in [-0.1, -0.05) is 42.5 Å². The van der Waals surface area contributed by atoms with Crippen molar-refractivity contribution in [2.75, 3.05) is 31.1 Å². The molecular weight excluding hydrogens is 346 g/mol. The van der Waals surface area contributed by atoms with E-state index in [2.05, 4.69) is 64.8 Å². The first kappa shape index (κ1) is 19.0. The van der Waals surface area contributed by atoms with Crippen LogP contribution in [0.4, 0.5) is 5.69 Å². The fourth-order valence-corrected chi connectivity index (χ4v) is 4.28. The Kier molecular flexibility index (Phi) is 6.27. The van der Waals surface area contributed by atoms with Gasteiger partial charge in [-0.25, -0.2) is 0 Å². The predicted molar refractivity (Wildman–Crippen MR) is 114 cm³/mol. The molecule has 148 valence electrons. The van der Waals surface area contributed by atoms with Crippen LogP contribution in [0.5, 0.6) is 0 Å². The molecule has 1 N–H and O–H groups in total. The van der Waals surface area contributed by atoms with Crippen molar-refractivity contribution in [1.29, 1.82) is 0 Å². The lowest BCUT2D eigenvalue weighted by molar-refractivity contribution is -0.129. The Bertz CT molecular complexity index is 745. The predicted octanol–water partition coefficient (Wildman–Crippen LogP) is 3.61. The number of amides is 1. The summed E-state index contributed by atoms with van der Waals surface area (Å²) in [5, 5.41) is 3.70. The van der Waals surface area contributed by atoms with Crippen molar-refractivity contribution in [3.05, 3.63) is 65.7 Å². The van der Waals surface area contributed by atoms with E-state index in [1.54, 1.807) is 0 Å². The van der Waals surface area contributed by atoms with Gasteiger partial charge in [0, 0.05) is 44.5 Å². The highest BCUT2D eigenvalue weighted by atomic mass is 16.2. The Labute approximate surface area is 168 Å². The van der Waals surface area contributed by atoms with Crippen LogP contribution in [0.3, 0.4) is 0 Å². The summed E-state index contributed by atoms with van der Waals surface area (Å²) in [5.74, 6) is 0.274. The standard InChI is InChI=1S/C24H31N3O/c28-24(27-14-4-5-15-27)18-20-8-10-23(11-9-20)26-16-12-22(13-17-26)25-19-21-6-2-1-3-7-21/h1-3,6-11,22,25H,4-5,12-19H2. The number of rotatable bonds is 6. The van der Waals surface area contributed by atoms with E-state index in [4.69, 9.17) is 0 Å². The second-order valence-corrected chi connectivity index (χ2v) is 8.06. The third kappa shape index (κ3) is 4.93. The minimum Gasteiger partial charge on any atom is -0.371 e. The first-order chi connectivity index (χ1) is 13.8. The van der Waals surface area contributed by atoms with E-state index in [0.29, 0.717) is 12.5 Å². The molecule has 0 saturated carbocycles. The molecule has 2 aliphatic rings. The summed E-state index contributed by atoms with van der Waals surface area (Å²) in [6, 6.07) is 19.8. The van der Waals surface area contributed by atoms with E-state index in [9.17, 15) is 4.79 Å². The fraction of sp³-hybridized carbons (Fsp3) is 0.458. The monoisotopic (exact) mass is 377 g/mol. The van der Waals surface area contributed by atoms with Gasteiger partial charge >= 0.3 is 0 Å². The molecule has 0 radical (unpaired) electrons. The normalized spacial score (nSPS) is 17.9. The zero-order valence-electron chi connectivity index (χ0n) is 16.6. The number of nitrogens with one attached hydrogen (secondary N) is 1. The molecule has 2 fully saturated rings. The molecule has 2 aliphatic heterocycles. The molecule has 0 bridgehead atoms. The van der Waals surface area contributed by atoms with E-state index in [1.807, 2.05) is 4.90 Å². The van der Waals surface area contributed by atoms with Gasteiger partial charge in [-0.15, -0.1) is 0 Å². The van der Waals surface area contributed by atoms with Gasteiger partial charge in [0.25, 0.3) is 0 Å². The van der Waals surface area contributed by atoms with Crippen LogP contribution in [0.25, 0.3) is 0 Å². The molecule has 2 saturated heterocycles. The van der Waals surface area contributed by atoms with Crippen molar-refractivity contribution in [2.45, 2.75) is 44.7 Å². The van der Waals surface area contributed by atoms with Crippen molar-refractivity contribution < 1.29 is 4.79 Å². The number of hydrogen-bond acceptors (Lipinski definition) is 3. The summed E-state index contributed by atoms with van der Waals surface area (Å²) < 4.78 is 0. The lowest BCUT2D eigenvalue weighted by atomic mass is 10.0. The molecule has 0 spiro atoms. The topological polar surface area (TPSA) is 35.6 Å². The number of anilines is 1. The largest absolute Gasteiger partial charge is 0.371 e. The summed E-state index contributed by atoms with van der Waals surface area (Å²) in [5.41, 5.74) is 3.75. The van der Waals surface area contributed by atoms with E-state index in [1.165, 1.54) is 24.1 Å². The molecule has 0 unspecified atom stereocenters. The molecule has 0 aromatic heterocycles. The molecule has 1 amide bonds. The summed E-state index contributed by atoms with van der Waals surface area (Å²) in [7, 11) is 0. The first-order valence-electron chi connectivity index (χ1n) is 10.7. The highest BCUT2D eigenvalue weighted by Crippen LogP contribution is 2.21. The minimum absolute atomic E-state index is 0.274. The van der Waals surface area contributed by atoms with Crippen LogP contribution in [0.2, 0.25) is 0 Å². The van der Waals surface area contributed by atoms with Crippen LogP contribution in [0.1, 0.15) is 36.8 Å². The van der Waals surface area contributed by atoms with Crippen LogP contribution in [0.15, 0.2) is 54.6 Å². The maximum atomic E-state index is 12.3. The first-order valence-corrected chi connectivity index (χ1v) is 10.7. The average molecular weight is 378 g/mol. The van der Waals surface area contributed by atoms with Gasteiger partial charge in [-0.2, -0.15) is 0 Å². The van der Waals surface area contributed by atoms with Crippen molar-refractivity contribution in [2.24, 2.45) is 0 Å². The van der Waals surface area contributed by atoms with Gasteiger partial charge in [-0.05, 0) is 48.9 Å². The van der Waals surface area contributed by atoms with Gasteiger partial charge in [-0.3, -0.25) is 4.79 Å². The third-order valence-corrected chi connectivity index (χ3v) is 6.05. The Hall–Kier alpha value is -2.33. The van der Waals surface area contributed by atoms with Crippen LogP contribution in [0, 0.1) is 0 Å². The zero-order chi connectivity index (χ0) is 19.2. The summed E-state index contributed by atoms with van der Waals surface area (Å²) in [6.07, 6.45) is 5.18. The highest BCUT2D eigenvalue weighted by Gasteiger charge is 2.20. The number of benzene rings is 2. The smallest absolute Gasteiger partial charge is 0.226 e. The van der Waals surface area contributed by atoms with Crippen molar-refractivity contribution in [3.8, 4) is 0 Å². The van der Waals surface area contributed by atoms with E-state index in [0.717, 1.165) is 51.1 Å². The molecule has 4 rings (SSSR count). The quantitative estimate of drug-likeness (QED) is 0.835. The van der Waals surface area contributed by atoms with Gasteiger partial charge in [0.15, 0.2) is 0 Å². The molecule has 28 heavy (non-hydrogen) atoms. The van der Waals surface area contributed by atoms with Gasteiger partial charge in [0.2, 0.25) is 5.91 Å². The Morgan fingerprint density at radius 1 is 0.857 bits per heavy atom. The molecule has 2 aromatic rings. The second kappa shape index (κ2) is 9.24. The van der Waals surface area contributed by atoms with Gasteiger partial charge < -0.3 is 15.1 Å². The number of carbonyl (C=O) groups excluding carboxylic acids is 1. The van der Waals surface area contributed by atoms with Gasteiger partial charge in [0.05, 0.1) is 6.42 Å². The number of piperidine rings is 1. The van der Waals surface area contributed by atoms with Crippen molar-refractivity contribution in [3.63, 3.8) is 0 Å². The van der Waals surface area contributed by atoms with Crippen LogP contribution in [-0.2, 0) is 17.8 Å². The van der Waals surface area contributed by atoms with Crippen LogP contribution < -0.4 is 10.2 Å². The lowest BCUT2D eigenvalue weighted by Gasteiger charge is -2.34. The molecule has 0 atom stereocenters. The van der Waals surface area contributed by atoms with Crippen molar-refractivity contribution >= 4 is 11.6 Å². The number of carbonyl (C=O) groups is 1. The lowest BCUT2D eigenvalue weighted by Crippen LogP contribution is -2.42. The van der Waals surface area contributed by atoms with Crippen molar-refractivity contribution in [1.82, 2.24) is 10.2 Å². The maximum absolute atomic E-state index is 12.3. The number of likely N-dealkylation sites (tertiary alicyclic amines) is 1. The average Bonchev–Trinajstić information content (AvgIpc) is 3.29. The Balaban J connectivity index is 1.23. The van der Waals surface area contributed by atoms with E-state index >= 15 is 0 Å². The molecular formula is C24H31N3O. The zero-order valence-corrected chi connectivity index (χ0v) is 16.6. The summed E-state index contributed by atoms with van der Waals surface area (Å²) in [4.78, 5) is 16.8. The van der Waals surface area contributed by atoms with Crippen LogP contribution in [-0.4, -0.2) is 43.0 Å².